The highest BCUT2D eigenvalue weighted by Crippen LogP contribution is 2.25. The van der Waals surface area contributed by atoms with Crippen molar-refractivity contribution in [3.63, 3.8) is 0 Å². The number of nitrogens with one attached hydrogen (secondary N) is 1. The van der Waals surface area contributed by atoms with Gasteiger partial charge in [-0.05, 0) is 52.6 Å². The second-order valence-corrected chi connectivity index (χ2v) is 9.53. The Hall–Kier alpha value is -3.84. The fourth-order valence-corrected chi connectivity index (χ4v) is 4.55. The van der Waals surface area contributed by atoms with Gasteiger partial charge in [0.15, 0.2) is 0 Å². The first-order valence-corrected chi connectivity index (χ1v) is 11.7. The lowest BCUT2D eigenvalue weighted by molar-refractivity contribution is 0.0785. The third kappa shape index (κ3) is 5.38. The van der Waals surface area contributed by atoms with Crippen LogP contribution in [0.2, 0.25) is 0 Å². The van der Waals surface area contributed by atoms with E-state index in [-0.39, 0.29) is 16.7 Å². The molecule has 0 aliphatic heterocycles. The summed E-state index contributed by atoms with van der Waals surface area (Å²) in [6, 6.07) is 23.8. The van der Waals surface area contributed by atoms with Gasteiger partial charge in [-0.15, -0.1) is 0 Å². The molecule has 1 amide bonds. The van der Waals surface area contributed by atoms with Gasteiger partial charge < -0.3 is 14.9 Å². The molecule has 4 rings (SSSR count). The highest BCUT2D eigenvalue weighted by molar-refractivity contribution is 7.09. The summed E-state index contributed by atoms with van der Waals surface area (Å²) < 4.78 is 0. The number of carbonyl (C=O) groups excluding carboxylic acids is 1. The van der Waals surface area contributed by atoms with Crippen molar-refractivity contribution < 1.29 is 9.90 Å². The second kappa shape index (κ2) is 9.97. The molecule has 2 N–H and O–H groups in total. The SMILES string of the molecule is CN(Cc1cccc(-c2ccc(Cc3sc(=O)[nH]c3O)cc2)c1)C(=O)c1ccc(N(C)C)cc1. The standard InChI is InChI=1S/C27H27N3O3S/c1-29(2)23-13-11-21(12-14-23)26(32)30(3)17-19-5-4-6-22(15-19)20-9-7-18(8-10-20)16-24-25(31)28-27(33)34-24/h4-15,31H,16-17H2,1-3H3,(H,28,33). The quantitative estimate of drug-likeness (QED) is 0.407. The average Bonchev–Trinajstić information content (AvgIpc) is 3.15. The van der Waals surface area contributed by atoms with E-state index < -0.39 is 0 Å². The van der Waals surface area contributed by atoms with E-state index in [1.165, 1.54) is 0 Å². The van der Waals surface area contributed by atoms with E-state index in [0.717, 1.165) is 39.3 Å². The van der Waals surface area contributed by atoms with Crippen molar-refractivity contribution in [3.8, 4) is 17.0 Å². The molecule has 0 saturated heterocycles. The lowest BCUT2D eigenvalue weighted by Gasteiger charge is -2.19. The average molecular weight is 474 g/mol. The van der Waals surface area contributed by atoms with Crippen molar-refractivity contribution in [1.29, 1.82) is 0 Å². The lowest BCUT2D eigenvalue weighted by atomic mass is 10.0. The fraction of sp³-hybridized carbons (Fsp3) is 0.185. The molecular formula is C27H27N3O3S. The zero-order valence-corrected chi connectivity index (χ0v) is 20.2. The maximum Gasteiger partial charge on any atom is 0.307 e. The molecule has 0 atom stereocenters. The number of aromatic nitrogens is 1. The van der Waals surface area contributed by atoms with Gasteiger partial charge in [0.05, 0.1) is 4.88 Å². The first-order valence-electron chi connectivity index (χ1n) is 10.9. The molecule has 0 bridgehead atoms. The van der Waals surface area contributed by atoms with Gasteiger partial charge in [0.1, 0.15) is 0 Å². The minimum Gasteiger partial charge on any atom is -0.494 e. The predicted octanol–water partition coefficient (Wildman–Crippen LogP) is 4.74. The summed E-state index contributed by atoms with van der Waals surface area (Å²) in [5.41, 5.74) is 5.90. The first-order chi connectivity index (χ1) is 16.3. The molecule has 7 heteroatoms. The Morgan fingerprint density at radius 1 is 0.912 bits per heavy atom. The molecule has 1 aromatic heterocycles. The van der Waals surface area contributed by atoms with Crippen LogP contribution in [0.5, 0.6) is 5.88 Å². The van der Waals surface area contributed by atoms with Gasteiger partial charge in [-0.2, -0.15) is 0 Å². The summed E-state index contributed by atoms with van der Waals surface area (Å²) in [6.45, 7) is 0.506. The molecule has 174 valence electrons. The number of aromatic hydroxyl groups is 1. The van der Waals surface area contributed by atoms with E-state index >= 15 is 0 Å². The van der Waals surface area contributed by atoms with Crippen LogP contribution in [0, 0.1) is 0 Å². The van der Waals surface area contributed by atoms with Crippen molar-refractivity contribution >= 4 is 22.9 Å². The number of amides is 1. The number of hydrogen-bond acceptors (Lipinski definition) is 5. The van der Waals surface area contributed by atoms with Gasteiger partial charge in [0, 0.05) is 45.4 Å². The van der Waals surface area contributed by atoms with Gasteiger partial charge in [-0.25, -0.2) is 0 Å². The van der Waals surface area contributed by atoms with Crippen LogP contribution in [0.15, 0.2) is 77.6 Å². The Morgan fingerprint density at radius 3 is 2.24 bits per heavy atom. The Balaban J connectivity index is 1.44. The largest absolute Gasteiger partial charge is 0.494 e. The van der Waals surface area contributed by atoms with Gasteiger partial charge in [-0.1, -0.05) is 53.8 Å². The number of aromatic amines is 1. The Bertz CT molecular complexity index is 1340. The summed E-state index contributed by atoms with van der Waals surface area (Å²) in [5.74, 6) is -0.0746. The minimum atomic E-state index is -0.255. The van der Waals surface area contributed by atoms with Gasteiger partial charge in [0.2, 0.25) is 5.88 Å². The third-order valence-electron chi connectivity index (χ3n) is 5.68. The van der Waals surface area contributed by atoms with E-state index in [0.29, 0.717) is 23.4 Å². The Morgan fingerprint density at radius 2 is 1.62 bits per heavy atom. The molecule has 0 saturated carbocycles. The Labute approximate surface area is 202 Å². The number of hydrogen-bond donors (Lipinski definition) is 2. The summed E-state index contributed by atoms with van der Waals surface area (Å²) in [4.78, 5) is 30.8. The fourth-order valence-electron chi connectivity index (χ4n) is 3.79. The molecule has 0 aliphatic carbocycles. The number of anilines is 1. The van der Waals surface area contributed by atoms with Gasteiger partial charge in [-0.3, -0.25) is 14.6 Å². The van der Waals surface area contributed by atoms with Crippen LogP contribution < -0.4 is 9.77 Å². The third-order valence-corrected chi connectivity index (χ3v) is 6.55. The van der Waals surface area contributed by atoms with E-state index in [9.17, 15) is 14.7 Å². The van der Waals surface area contributed by atoms with E-state index in [1.54, 1.807) is 4.90 Å². The van der Waals surface area contributed by atoms with Crippen molar-refractivity contribution in [2.24, 2.45) is 0 Å². The molecule has 0 aliphatic rings. The predicted molar refractivity (Wildman–Crippen MR) is 138 cm³/mol. The molecule has 0 radical (unpaired) electrons. The van der Waals surface area contributed by atoms with Crippen molar-refractivity contribution in [3.05, 3.63) is 104 Å². The summed E-state index contributed by atoms with van der Waals surface area (Å²) in [6.07, 6.45) is 0.498. The number of benzene rings is 3. The first kappa shape index (κ1) is 23.3. The van der Waals surface area contributed by atoms with E-state index in [2.05, 4.69) is 11.1 Å². The maximum absolute atomic E-state index is 12.9. The number of carbonyl (C=O) groups is 1. The molecule has 0 spiro atoms. The number of nitrogens with zero attached hydrogens (tertiary/aromatic N) is 2. The lowest BCUT2D eigenvalue weighted by Crippen LogP contribution is -2.26. The van der Waals surface area contributed by atoms with E-state index in [4.69, 9.17) is 0 Å². The number of thiazole rings is 1. The van der Waals surface area contributed by atoms with Crippen LogP contribution in [0.25, 0.3) is 11.1 Å². The maximum atomic E-state index is 12.9. The van der Waals surface area contributed by atoms with Crippen LogP contribution in [0.4, 0.5) is 5.69 Å². The highest BCUT2D eigenvalue weighted by atomic mass is 32.1. The second-order valence-electron chi connectivity index (χ2n) is 8.46. The van der Waals surface area contributed by atoms with Crippen LogP contribution in [0.3, 0.4) is 0 Å². The zero-order valence-electron chi connectivity index (χ0n) is 19.4. The highest BCUT2D eigenvalue weighted by Gasteiger charge is 2.13. The Kier molecular flexibility index (Phi) is 6.84. The minimum absolute atomic E-state index is 0.0182. The summed E-state index contributed by atoms with van der Waals surface area (Å²) in [7, 11) is 5.76. The normalized spacial score (nSPS) is 10.8. The topological polar surface area (TPSA) is 76.6 Å². The number of rotatable bonds is 7. The van der Waals surface area contributed by atoms with Crippen LogP contribution in [-0.2, 0) is 13.0 Å². The smallest absolute Gasteiger partial charge is 0.307 e. The van der Waals surface area contributed by atoms with Crippen molar-refractivity contribution in [2.75, 3.05) is 26.0 Å². The van der Waals surface area contributed by atoms with Crippen LogP contribution >= 0.6 is 11.3 Å². The summed E-state index contributed by atoms with van der Waals surface area (Å²) in [5, 5.41) is 9.80. The van der Waals surface area contributed by atoms with E-state index in [1.807, 2.05) is 92.8 Å². The molecule has 0 fully saturated rings. The molecular weight excluding hydrogens is 446 g/mol. The molecule has 0 unspecified atom stereocenters. The van der Waals surface area contributed by atoms with Crippen molar-refractivity contribution in [2.45, 2.75) is 13.0 Å². The molecule has 34 heavy (non-hydrogen) atoms. The molecule has 6 nitrogen and oxygen atoms in total. The molecule has 4 aromatic rings. The van der Waals surface area contributed by atoms with Crippen LogP contribution in [0.1, 0.15) is 26.4 Å². The van der Waals surface area contributed by atoms with Gasteiger partial charge in [0.25, 0.3) is 5.91 Å². The summed E-state index contributed by atoms with van der Waals surface area (Å²) >= 11 is 1.02. The molecule has 1 heterocycles. The zero-order chi connectivity index (χ0) is 24.2. The molecule has 3 aromatic carbocycles. The number of H-pyrrole nitrogens is 1. The van der Waals surface area contributed by atoms with Gasteiger partial charge >= 0.3 is 4.87 Å². The monoisotopic (exact) mass is 473 g/mol. The van der Waals surface area contributed by atoms with Crippen molar-refractivity contribution in [1.82, 2.24) is 9.88 Å². The van der Waals surface area contributed by atoms with Crippen LogP contribution in [-0.4, -0.2) is 42.0 Å².